The molecule has 1 aromatic heterocycles. The first-order valence-electron chi connectivity index (χ1n) is 8.14. The first-order valence-corrected chi connectivity index (χ1v) is 8.14. The highest BCUT2D eigenvalue weighted by atomic mass is 19.1. The molecule has 0 unspecified atom stereocenters. The summed E-state index contributed by atoms with van der Waals surface area (Å²) in [6, 6.07) is 9.50. The molecule has 0 aliphatic carbocycles. The van der Waals surface area contributed by atoms with E-state index in [0.29, 0.717) is 24.1 Å². The van der Waals surface area contributed by atoms with Gasteiger partial charge in [-0.1, -0.05) is 6.07 Å². The zero-order chi connectivity index (χ0) is 16.8. The lowest BCUT2D eigenvalue weighted by atomic mass is 10.1. The van der Waals surface area contributed by atoms with Crippen LogP contribution in [0, 0.1) is 5.82 Å². The Morgan fingerprint density at radius 3 is 2.54 bits per heavy atom. The minimum atomic E-state index is -0.296. The van der Waals surface area contributed by atoms with Gasteiger partial charge in [-0.25, -0.2) is 14.4 Å². The van der Waals surface area contributed by atoms with Crippen LogP contribution in [0.2, 0.25) is 0 Å². The molecule has 2 aromatic rings. The lowest BCUT2D eigenvalue weighted by Crippen LogP contribution is -2.40. The Morgan fingerprint density at radius 1 is 1.12 bits per heavy atom. The van der Waals surface area contributed by atoms with E-state index >= 15 is 0 Å². The summed E-state index contributed by atoms with van der Waals surface area (Å²) in [4.78, 5) is 10.8. The number of ether oxygens (including phenoxy) is 1. The Labute approximate surface area is 141 Å². The van der Waals surface area contributed by atoms with Gasteiger partial charge in [-0.3, -0.25) is 0 Å². The molecule has 126 valence electrons. The van der Waals surface area contributed by atoms with Crippen molar-refractivity contribution < 1.29 is 9.13 Å². The maximum atomic E-state index is 12.9. The topological polar surface area (TPSA) is 63.7 Å². The van der Waals surface area contributed by atoms with Gasteiger partial charge in [-0.05, 0) is 49.1 Å². The van der Waals surface area contributed by atoms with Crippen LogP contribution in [0.1, 0.15) is 24.8 Å². The number of piperidine rings is 1. The number of hydrogen-bond donors (Lipinski definition) is 1. The molecule has 2 N–H and O–H groups in total. The number of nitrogens with two attached hydrogens (primary N) is 1. The van der Waals surface area contributed by atoms with Crippen molar-refractivity contribution in [2.75, 3.05) is 13.1 Å². The van der Waals surface area contributed by atoms with Crippen LogP contribution in [0.25, 0.3) is 0 Å². The molecule has 1 aliphatic rings. The summed E-state index contributed by atoms with van der Waals surface area (Å²) in [7, 11) is 0. The fourth-order valence-corrected chi connectivity index (χ4v) is 2.58. The first-order chi connectivity index (χ1) is 11.7. The second-order valence-corrected chi connectivity index (χ2v) is 5.78. The van der Waals surface area contributed by atoms with Gasteiger partial charge >= 0.3 is 0 Å². The molecule has 1 aromatic carbocycles. The van der Waals surface area contributed by atoms with Gasteiger partial charge in [0.25, 0.3) is 0 Å². The summed E-state index contributed by atoms with van der Waals surface area (Å²) < 4.78 is 18.4. The predicted octanol–water partition coefficient (Wildman–Crippen LogP) is 3.31. The molecule has 0 radical (unpaired) electrons. The number of aromatic nitrogens is 1. The lowest BCUT2D eigenvalue weighted by Gasteiger charge is -2.27. The van der Waals surface area contributed by atoms with Crippen LogP contribution in [0.15, 0.2) is 47.6 Å². The van der Waals surface area contributed by atoms with Crippen molar-refractivity contribution in [2.24, 2.45) is 10.7 Å². The van der Waals surface area contributed by atoms with Crippen LogP contribution in [0.3, 0.4) is 0 Å². The fourth-order valence-electron chi connectivity index (χ4n) is 2.58. The lowest BCUT2D eigenvalue weighted by molar-refractivity contribution is 0.338. The molecule has 1 fully saturated rings. The quantitative estimate of drug-likeness (QED) is 0.691. The highest BCUT2D eigenvalue weighted by molar-refractivity contribution is 5.78. The number of aliphatic imine (C=N–C) groups is 1. The van der Waals surface area contributed by atoms with E-state index in [1.165, 1.54) is 31.4 Å². The van der Waals surface area contributed by atoms with E-state index in [2.05, 4.69) is 14.9 Å². The Hall–Kier alpha value is -2.63. The molecular formula is C18H21FN4O. The monoisotopic (exact) mass is 328 g/mol. The molecule has 0 bridgehead atoms. The fraction of sp³-hybridized carbons (Fsp3) is 0.333. The Balaban J connectivity index is 1.56. The molecule has 0 amide bonds. The smallest absolute Gasteiger partial charge is 0.219 e. The third-order valence-corrected chi connectivity index (χ3v) is 3.94. The average Bonchev–Trinajstić information content (AvgIpc) is 2.63. The van der Waals surface area contributed by atoms with Crippen molar-refractivity contribution in [3.8, 4) is 11.6 Å². The molecule has 24 heavy (non-hydrogen) atoms. The minimum absolute atomic E-state index is 0.296. The van der Waals surface area contributed by atoms with Crippen molar-refractivity contribution in [1.82, 2.24) is 9.88 Å². The van der Waals surface area contributed by atoms with Crippen LogP contribution in [-0.4, -0.2) is 28.9 Å². The second kappa shape index (κ2) is 7.77. The van der Waals surface area contributed by atoms with Gasteiger partial charge in [0.15, 0.2) is 5.96 Å². The van der Waals surface area contributed by atoms with Crippen molar-refractivity contribution in [1.29, 1.82) is 0 Å². The number of benzene rings is 1. The molecule has 1 saturated heterocycles. The van der Waals surface area contributed by atoms with E-state index in [1.54, 1.807) is 24.4 Å². The highest BCUT2D eigenvalue weighted by Crippen LogP contribution is 2.19. The summed E-state index contributed by atoms with van der Waals surface area (Å²) in [5, 5.41) is 0. The van der Waals surface area contributed by atoms with E-state index in [-0.39, 0.29) is 5.82 Å². The molecule has 1 aliphatic heterocycles. The zero-order valence-corrected chi connectivity index (χ0v) is 13.5. The summed E-state index contributed by atoms with van der Waals surface area (Å²) in [6.45, 7) is 2.46. The van der Waals surface area contributed by atoms with Gasteiger partial charge in [-0.2, -0.15) is 0 Å². The van der Waals surface area contributed by atoms with E-state index < -0.39 is 0 Å². The van der Waals surface area contributed by atoms with E-state index in [4.69, 9.17) is 10.5 Å². The second-order valence-electron chi connectivity index (χ2n) is 5.78. The van der Waals surface area contributed by atoms with E-state index in [1.807, 2.05) is 6.07 Å². The van der Waals surface area contributed by atoms with Gasteiger partial charge < -0.3 is 15.4 Å². The first kappa shape index (κ1) is 16.2. The maximum Gasteiger partial charge on any atom is 0.219 e. The molecule has 0 atom stereocenters. The Bertz CT molecular complexity index is 679. The van der Waals surface area contributed by atoms with Crippen LogP contribution in [-0.2, 0) is 6.54 Å². The van der Waals surface area contributed by atoms with Crippen LogP contribution >= 0.6 is 0 Å². The number of hydrogen-bond acceptors (Lipinski definition) is 3. The predicted molar refractivity (Wildman–Crippen MR) is 91.5 cm³/mol. The number of nitrogens with zero attached hydrogens (tertiary/aromatic N) is 3. The van der Waals surface area contributed by atoms with Crippen molar-refractivity contribution >= 4 is 5.96 Å². The SMILES string of the molecule is NC(=NCc1ccc(Oc2ccc(F)cc2)nc1)N1CCCCC1. The van der Waals surface area contributed by atoms with E-state index in [0.717, 1.165) is 18.7 Å². The standard InChI is InChI=1S/C18H21FN4O/c19-15-5-7-16(8-6-15)24-17-9-4-14(12-21-17)13-22-18(20)23-10-2-1-3-11-23/h4-9,12H,1-3,10-11,13H2,(H2,20,22). The summed E-state index contributed by atoms with van der Waals surface area (Å²) in [5.41, 5.74) is 7.00. The minimum Gasteiger partial charge on any atom is -0.439 e. The van der Waals surface area contributed by atoms with Crippen LogP contribution in [0.5, 0.6) is 11.6 Å². The van der Waals surface area contributed by atoms with Crippen molar-refractivity contribution in [3.63, 3.8) is 0 Å². The summed E-state index contributed by atoms with van der Waals surface area (Å²) >= 11 is 0. The summed E-state index contributed by atoms with van der Waals surface area (Å²) in [6.07, 6.45) is 5.33. The largest absolute Gasteiger partial charge is 0.439 e. The normalized spacial score (nSPS) is 15.4. The Morgan fingerprint density at radius 2 is 1.88 bits per heavy atom. The highest BCUT2D eigenvalue weighted by Gasteiger charge is 2.11. The zero-order valence-electron chi connectivity index (χ0n) is 13.5. The Kier molecular flexibility index (Phi) is 5.25. The number of halogens is 1. The molecule has 0 saturated carbocycles. The maximum absolute atomic E-state index is 12.9. The number of rotatable bonds is 4. The molecule has 3 rings (SSSR count). The van der Waals surface area contributed by atoms with Crippen molar-refractivity contribution in [3.05, 3.63) is 54.0 Å². The van der Waals surface area contributed by atoms with Gasteiger partial charge in [0.1, 0.15) is 11.6 Å². The third-order valence-electron chi connectivity index (χ3n) is 3.94. The van der Waals surface area contributed by atoms with Gasteiger partial charge in [0.2, 0.25) is 5.88 Å². The van der Waals surface area contributed by atoms with Gasteiger partial charge in [0.05, 0.1) is 6.54 Å². The van der Waals surface area contributed by atoms with Crippen molar-refractivity contribution in [2.45, 2.75) is 25.8 Å². The van der Waals surface area contributed by atoms with E-state index in [9.17, 15) is 4.39 Å². The molecule has 0 spiro atoms. The molecular weight excluding hydrogens is 307 g/mol. The summed E-state index contributed by atoms with van der Waals surface area (Å²) in [5.74, 6) is 1.30. The average molecular weight is 328 g/mol. The number of likely N-dealkylation sites (tertiary alicyclic amines) is 1. The van der Waals surface area contributed by atoms with Gasteiger partial charge in [0, 0.05) is 25.4 Å². The molecule has 5 nitrogen and oxygen atoms in total. The number of guanidine groups is 1. The van der Waals surface area contributed by atoms with Crippen LogP contribution in [0.4, 0.5) is 4.39 Å². The number of pyridine rings is 1. The molecule has 2 heterocycles. The van der Waals surface area contributed by atoms with Crippen LogP contribution < -0.4 is 10.5 Å². The molecule has 6 heteroatoms. The third kappa shape index (κ3) is 4.44. The van der Waals surface area contributed by atoms with Gasteiger partial charge in [-0.15, -0.1) is 0 Å².